The van der Waals surface area contributed by atoms with Gasteiger partial charge in [0.25, 0.3) is 0 Å². The molecule has 1 aromatic heterocycles. The van der Waals surface area contributed by atoms with Crippen molar-refractivity contribution in [1.29, 1.82) is 0 Å². The second kappa shape index (κ2) is 5.25. The van der Waals surface area contributed by atoms with Gasteiger partial charge in [-0.1, -0.05) is 12.1 Å². The van der Waals surface area contributed by atoms with E-state index in [1.54, 1.807) is 0 Å². The normalized spacial score (nSPS) is 13.2. The summed E-state index contributed by atoms with van der Waals surface area (Å²) in [6, 6.07) is 10.5. The van der Waals surface area contributed by atoms with E-state index in [4.69, 9.17) is 5.73 Å². The second-order valence-electron chi connectivity index (χ2n) is 4.65. The SMILES string of the molecule is CN(C)CC(CN)c1ccc2ncccc2c1. The van der Waals surface area contributed by atoms with Gasteiger partial charge in [0.15, 0.2) is 0 Å². The summed E-state index contributed by atoms with van der Waals surface area (Å²) in [5, 5.41) is 1.18. The molecule has 0 aliphatic heterocycles. The molecule has 0 fully saturated rings. The molecule has 2 N–H and O–H groups in total. The predicted octanol–water partition coefficient (Wildman–Crippen LogP) is 1.84. The summed E-state index contributed by atoms with van der Waals surface area (Å²) in [6.07, 6.45) is 1.82. The maximum Gasteiger partial charge on any atom is 0.0702 e. The first-order chi connectivity index (χ1) is 8.20. The molecule has 1 heterocycles. The van der Waals surface area contributed by atoms with Crippen molar-refractivity contribution in [3.8, 4) is 0 Å². The fourth-order valence-corrected chi connectivity index (χ4v) is 2.10. The van der Waals surface area contributed by atoms with Crippen LogP contribution in [0.2, 0.25) is 0 Å². The van der Waals surface area contributed by atoms with E-state index in [1.807, 2.05) is 12.3 Å². The first-order valence-corrected chi connectivity index (χ1v) is 5.90. The number of benzene rings is 1. The molecule has 0 aliphatic carbocycles. The maximum atomic E-state index is 5.85. The molecular formula is C14H19N3. The molecule has 0 bridgehead atoms. The largest absolute Gasteiger partial charge is 0.330 e. The van der Waals surface area contributed by atoms with Crippen molar-refractivity contribution in [2.45, 2.75) is 5.92 Å². The zero-order valence-electron chi connectivity index (χ0n) is 10.4. The standard InChI is InChI=1S/C14H19N3/c1-17(2)10-13(9-15)11-5-6-14-12(8-11)4-3-7-16-14/h3-8,13H,9-10,15H2,1-2H3. The topological polar surface area (TPSA) is 42.1 Å². The number of likely N-dealkylation sites (N-methyl/N-ethyl adjacent to an activating group) is 1. The van der Waals surface area contributed by atoms with Crippen LogP contribution in [0.4, 0.5) is 0 Å². The molecule has 90 valence electrons. The first-order valence-electron chi connectivity index (χ1n) is 5.90. The van der Waals surface area contributed by atoms with E-state index in [0.29, 0.717) is 12.5 Å². The number of nitrogens with zero attached hydrogens (tertiary/aromatic N) is 2. The van der Waals surface area contributed by atoms with Crippen molar-refractivity contribution in [3.63, 3.8) is 0 Å². The lowest BCUT2D eigenvalue weighted by Gasteiger charge is -2.20. The van der Waals surface area contributed by atoms with Crippen LogP contribution in [0.3, 0.4) is 0 Å². The van der Waals surface area contributed by atoms with Gasteiger partial charge in [-0.05, 0) is 37.9 Å². The summed E-state index contributed by atoms with van der Waals surface area (Å²) in [7, 11) is 4.15. The quantitative estimate of drug-likeness (QED) is 0.870. The molecule has 3 heteroatoms. The molecule has 0 aliphatic rings. The number of hydrogen-bond donors (Lipinski definition) is 1. The second-order valence-corrected chi connectivity index (χ2v) is 4.65. The Kier molecular flexibility index (Phi) is 3.71. The van der Waals surface area contributed by atoms with Crippen molar-refractivity contribution >= 4 is 10.9 Å². The molecule has 0 spiro atoms. The van der Waals surface area contributed by atoms with Gasteiger partial charge < -0.3 is 10.6 Å². The Morgan fingerprint density at radius 3 is 2.82 bits per heavy atom. The molecule has 0 radical (unpaired) electrons. The Balaban J connectivity index is 2.34. The zero-order chi connectivity index (χ0) is 12.3. The lowest BCUT2D eigenvalue weighted by molar-refractivity contribution is 0.375. The summed E-state index contributed by atoms with van der Waals surface area (Å²) in [5.74, 6) is 0.384. The third kappa shape index (κ3) is 2.81. The summed E-state index contributed by atoms with van der Waals surface area (Å²) in [6.45, 7) is 1.65. The van der Waals surface area contributed by atoms with Gasteiger partial charge in [0, 0.05) is 30.6 Å². The minimum absolute atomic E-state index is 0.384. The number of hydrogen-bond acceptors (Lipinski definition) is 3. The van der Waals surface area contributed by atoms with E-state index in [9.17, 15) is 0 Å². The maximum absolute atomic E-state index is 5.85. The monoisotopic (exact) mass is 229 g/mol. The van der Waals surface area contributed by atoms with E-state index >= 15 is 0 Å². The molecule has 17 heavy (non-hydrogen) atoms. The predicted molar refractivity (Wildman–Crippen MR) is 72.1 cm³/mol. The van der Waals surface area contributed by atoms with Crippen molar-refractivity contribution < 1.29 is 0 Å². The van der Waals surface area contributed by atoms with Gasteiger partial charge in [0.2, 0.25) is 0 Å². The molecule has 1 unspecified atom stereocenters. The van der Waals surface area contributed by atoms with Crippen LogP contribution in [0.15, 0.2) is 36.5 Å². The highest BCUT2D eigenvalue weighted by Gasteiger charge is 2.11. The van der Waals surface area contributed by atoms with E-state index in [1.165, 1.54) is 10.9 Å². The Bertz CT molecular complexity index is 494. The minimum Gasteiger partial charge on any atom is -0.330 e. The first kappa shape index (κ1) is 12.0. The number of pyridine rings is 1. The van der Waals surface area contributed by atoms with Crippen LogP contribution in [0.25, 0.3) is 10.9 Å². The summed E-state index contributed by atoms with van der Waals surface area (Å²) in [5.41, 5.74) is 8.19. The summed E-state index contributed by atoms with van der Waals surface area (Å²) < 4.78 is 0. The molecular weight excluding hydrogens is 210 g/mol. The van der Waals surface area contributed by atoms with Gasteiger partial charge in [0.05, 0.1) is 5.52 Å². The van der Waals surface area contributed by atoms with E-state index in [0.717, 1.165) is 12.1 Å². The number of fused-ring (bicyclic) bond motifs is 1. The van der Waals surface area contributed by atoms with Gasteiger partial charge in [0.1, 0.15) is 0 Å². The molecule has 0 amide bonds. The minimum atomic E-state index is 0.384. The van der Waals surface area contributed by atoms with E-state index in [2.05, 4.69) is 48.2 Å². The van der Waals surface area contributed by atoms with E-state index < -0.39 is 0 Å². The summed E-state index contributed by atoms with van der Waals surface area (Å²) >= 11 is 0. The van der Waals surface area contributed by atoms with Gasteiger partial charge in [-0.2, -0.15) is 0 Å². The van der Waals surface area contributed by atoms with Crippen LogP contribution in [-0.2, 0) is 0 Å². The average molecular weight is 229 g/mol. The fraction of sp³-hybridized carbons (Fsp3) is 0.357. The van der Waals surface area contributed by atoms with Gasteiger partial charge >= 0.3 is 0 Å². The summed E-state index contributed by atoms with van der Waals surface area (Å²) in [4.78, 5) is 6.50. The number of rotatable bonds is 4. The van der Waals surface area contributed by atoms with Crippen LogP contribution in [0.5, 0.6) is 0 Å². The van der Waals surface area contributed by atoms with Crippen LogP contribution >= 0.6 is 0 Å². The smallest absolute Gasteiger partial charge is 0.0702 e. The number of nitrogens with two attached hydrogens (primary N) is 1. The molecule has 3 nitrogen and oxygen atoms in total. The third-order valence-corrected chi connectivity index (χ3v) is 2.97. The average Bonchev–Trinajstić information content (AvgIpc) is 2.35. The zero-order valence-corrected chi connectivity index (χ0v) is 10.4. The lowest BCUT2D eigenvalue weighted by atomic mass is 9.97. The van der Waals surface area contributed by atoms with Gasteiger partial charge in [-0.3, -0.25) is 4.98 Å². The van der Waals surface area contributed by atoms with Crippen LogP contribution in [-0.4, -0.2) is 37.1 Å². The van der Waals surface area contributed by atoms with Crippen molar-refractivity contribution in [3.05, 3.63) is 42.1 Å². The lowest BCUT2D eigenvalue weighted by Crippen LogP contribution is -2.25. The number of aromatic nitrogens is 1. The van der Waals surface area contributed by atoms with Crippen LogP contribution in [0.1, 0.15) is 11.5 Å². The van der Waals surface area contributed by atoms with Crippen molar-refractivity contribution in [2.24, 2.45) is 5.73 Å². The van der Waals surface area contributed by atoms with Crippen molar-refractivity contribution in [2.75, 3.05) is 27.2 Å². The van der Waals surface area contributed by atoms with Crippen LogP contribution < -0.4 is 5.73 Å². The van der Waals surface area contributed by atoms with Gasteiger partial charge in [-0.15, -0.1) is 0 Å². The fourth-order valence-electron chi connectivity index (χ4n) is 2.10. The molecule has 2 rings (SSSR count). The highest BCUT2D eigenvalue weighted by atomic mass is 15.1. The Labute approximate surface area is 102 Å². The molecule has 0 saturated carbocycles. The van der Waals surface area contributed by atoms with E-state index in [-0.39, 0.29) is 0 Å². The molecule has 1 aromatic carbocycles. The Morgan fingerprint density at radius 1 is 1.29 bits per heavy atom. The Morgan fingerprint density at radius 2 is 2.12 bits per heavy atom. The Hall–Kier alpha value is -1.45. The molecule has 0 saturated heterocycles. The molecule has 2 aromatic rings. The third-order valence-electron chi connectivity index (χ3n) is 2.97. The molecule has 1 atom stereocenters. The van der Waals surface area contributed by atoms with Gasteiger partial charge in [-0.25, -0.2) is 0 Å². The van der Waals surface area contributed by atoms with Crippen LogP contribution in [0, 0.1) is 0 Å². The highest BCUT2D eigenvalue weighted by molar-refractivity contribution is 5.79. The van der Waals surface area contributed by atoms with Crippen molar-refractivity contribution in [1.82, 2.24) is 9.88 Å². The highest BCUT2D eigenvalue weighted by Crippen LogP contribution is 2.20.